The first-order chi connectivity index (χ1) is 16.3. The van der Waals surface area contributed by atoms with Crippen molar-refractivity contribution in [2.45, 2.75) is 38.9 Å². The predicted molar refractivity (Wildman–Crippen MR) is 129 cm³/mol. The molecule has 0 atom stereocenters. The van der Waals surface area contributed by atoms with Crippen molar-refractivity contribution in [2.75, 3.05) is 31.1 Å². The van der Waals surface area contributed by atoms with Crippen molar-refractivity contribution in [1.82, 2.24) is 19.9 Å². The van der Waals surface area contributed by atoms with E-state index in [-0.39, 0.29) is 0 Å². The Morgan fingerprint density at radius 2 is 1.68 bits per heavy atom. The molecule has 1 fully saturated rings. The first kappa shape index (κ1) is 24.4. The van der Waals surface area contributed by atoms with E-state index >= 15 is 0 Å². The molecule has 3 heterocycles. The zero-order valence-corrected chi connectivity index (χ0v) is 19.9. The van der Waals surface area contributed by atoms with Crippen LogP contribution in [-0.2, 0) is 6.18 Å². The summed E-state index contributed by atoms with van der Waals surface area (Å²) in [5.41, 5.74) is 1.47. The number of piperidine rings is 1. The summed E-state index contributed by atoms with van der Waals surface area (Å²) in [5, 5.41) is 0.405. The summed E-state index contributed by atoms with van der Waals surface area (Å²) < 4.78 is 39.1. The van der Waals surface area contributed by atoms with Crippen LogP contribution >= 0.6 is 11.6 Å². The third kappa shape index (κ3) is 5.18. The summed E-state index contributed by atoms with van der Waals surface area (Å²) in [7, 11) is 0. The molecule has 0 N–H and O–H groups in total. The van der Waals surface area contributed by atoms with Gasteiger partial charge in [0.15, 0.2) is 0 Å². The fraction of sp³-hybridized carbons (Fsp3) is 0.400. The van der Waals surface area contributed by atoms with E-state index in [0.717, 1.165) is 57.0 Å². The topological polar surface area (TPSA) is 45.2 Å². The largest absolute Gasteiger partial charge is 0.416 e. The zero-order chi connectivity index (χ0) is 24.3. The maximum atomic E-state index is 13.0. The molecule has 0 radical (unpaired) electrons. The number of anilines is 1. The van der Waals surface area contributed by atoms with Crippen LogP contribution in [0.4, 0.5) is 19.0 Å². The lowest BCUT2D eigenvalue weighted by Crippen LogP contribution is -2.45. The lowest BCUT2D eigenvalue weighted by atomic mass is 10.0. The average Bonchev–Trinajstić information content (AvgIpc) is 2.85. The fourth-order valence-corrected chi connectivity index (χ4v) is 4.72. The molecule has 0 unspecified atom stereocenters. The highest BCUT2D eigenvalue weighted by atomic mass is 35.5. The van der Waals surface area contributed by atoms with Crippen LogP contribution in [0.2, 0.25) is 5.02 Å². The van der Waals surface area contributed by atoms with Gasteiger partial charge in [-0.05, 0) is 44.1 Å². The lowest BCUT2D eigenvalue weighted by molar-refractivity contribution is -0.137. The Morgan fingerprint density at radius 1 is 1.00 bits per heavy atom. The number of benzene rings is 1. The number of alkyl halides is 3. The van der Waals surface area contributed by atoms with Gasteiger partial charge in [-0.15, -0.1) is 0 Å². The molecule has 2 aromatic heterocycles. The van der Waals surface area contributed by atoms with E-state index in [0.29, 0.717) is 33.6 Å². The van der Waals surface area contributed by atoms with E-state index in [1.54, 1.807) is 18.5 Å². The Labute approximate surface area is 202 Å². The highest BCUT2D eigenvalue weighted by Gasteiger charge is 2.30. The van der Waals surface area contributed by atoms with Gasteiger partial charge in [0, 0.05) is 42.7 Å². The Hall–Kier alpha value is -2.71. The maximum absolute atomic E-state index is 13.0. The van der Waals surface area contributed by atoms with Gasteiger partial charge in [0.25, 0.3) is 0 Å². The Kier molecular flexibility index (Phi) is 7.38. The molecule has 0 aliphatic carbocycles. The third-order valence-corrected chi connectivity index (χ3v) is 6.69. The zero-order valence-electron chi connectivity index (χ0n) is 19.2. The number of halogens is 4. The Morgan fingerprint density at radius 3 is 2.26 bits per heavy atom. The molecule has 1 aromatic carbocycles. The fourth-order valence-electron chi connectivity index (χ4n) is 4.52. The van der Waals surface area contributed by atoms with Gasteiger partial charge in [-0.25, -0.2) is 4.98 Å². The number of hydrogen-bond donors (Lipinski definition) is 0. The smallest absolute Gasteiger partial charge is 0.355 e. The van der Waals surface area contributed by atoms with Crippen LogP contribution in [0, 0.1) is 0 Å². The molecule has 0 bridgehead atoms. The van der Waals surface area contributed by atoms with Crippen molar-refractivity contribution < 1.29 is 13.2 Å². The molecule has 1 aliphatic heterocycles. The number of nitrogens with zero attached hydrogens (tertiary/aromatic N) is 5. The van der Waals surface area contributed by atoms with E-state index in [9.17, 15) is 13.2 Å². The van der Waals surface area contributed by atoms with Gasteiger partial charge >= 0.3 is 6.18 Å². The molecule has 0 saturated carbocycles. The average molecular weight is 490 g/mol. The van der Waals surface area contributed by atoms with Crippen molar-refractivity contribution in [2.24, 2.45) is 0 Å². The van der Waals surface area contributed by atoms with E-state index in [4.69, 9.17) is 16.6 Å². The van der Waals surface area contributed by atoms with Crippen molar-refractivity contribution >= 4 is 17.4 Å². The first-order valence-electron chi connectivity index (χ1n) is 11.4. The molecule has 180 valence electrons. The third-order valence-electron chi connectivity index (χ3n) is 6.39. The normalized spacial score (nSPS) is 15.2. The standard InChI is InChI=1S/C25H27ClF3N5/c1-3-33(4-2)19-10-13-34(14-11-19)22-16-31-23(17-5-7-18(8-6-17)25(27,28)29)24(32-22)20-9-12-30-15-21(20)26/h5-9,12,15-16,19H,3-4,10-11,13-14H2,1-2H3. The van der Waals surface area contributed by atoms with Crippen LogP contribution in [0.3, 0.4) is 0 Å². The van der Waals surface area contributed by atoms with E-state index in [1.807, 2.05) is 0 Å². The molecule has 5 nitrogen and oxygen atoms in total. The monoisotopic (exact) mass is 489 g/mol. The number of aromatic nitrogens is 3. The van der Waals surface area contributed by atoms with Gasteiger partial charge in [-0.2, -0.15) is 13.2 Å². The number of rotatable bonds is 6. The minimum absolute atomic E-state index is 0.405. The maximum Gasteiger partial charge on any atom is 0.416 e. The minimum atomic E-state index is -4.40. The van der Waals surface area contributed by atoms with E-state index in [1.165, 1.54) is 18.3 Å². The Balaban J connectivity index is 1.68. The van der Waals surface area contributed by atoms with Crippen molar-refractivity contribution in [3.05, 3.63) is 59.5 Å². The minimum Gasteiger partial charge on any atom is -0.355 e. The molecular weight excluding hydrogens is 463 g/mol. The predicted octanol–water partition coefficient (Wildman–Crippen LogP) is 6.19. The molecule has 0 amide bonds. The van der Waals surface area contributed by atoms with Gasteiger partial charge in [0.1, 0.15) is 11.5 Å². The molecule has 34 heavy (non-hydrogen) atoms. The van der Waals surface area contributed by atoms with Gasteiger partial charge in [0.05, 0.1) is 22.5 Å². The summed E-state index contributed by atoms with van der Waals surface area (Å²) in [5.74, 6) is 0.733. The van der Waals surface area contributed by atoms with Gasteiger partial charge in [-0.1, -0.05) is 37.6 Å². The Bertz CT molecular complexity index is 1110. The molecule has 9 heteroatoms. The van der Waals surface area contributed by atoms with Gasteiger partial charge < -0.3 is 9.80 Å². The quantitative estimate of drug-likeness (QED) is 0.413. The van der Waals surface area contributed by atoms with E-state index < -0.39 is 11.7 Å². The molecule has 1 aliphatic rings. The van der Waals surface area contributed by atoms with Crippen LogP contribution in [0.15, 0.2) is 48.9 Å². The summed E-state index contributed by atoms with van der Waals surface area (Å²) >= 11 is 6.43. The van der Waals surface area contributed by atoms with Gasteiger partial charge in [0.2, 0.25) is 0 Å². The highest BCUT2D eigenvalue weighted by Crippen LogP contribution is 2.36. The van der Waals surface area contributed by atoms with Crippen molar-refractivity contribution in [3.63, 3.8) is 0 Å². The molecular formula is C25H27ClF3N5. The van der Waals surface area contributed by atoms with Crippen molar-refractivity contribution in [3.8, 4) is 22.5 Å². The second-order valence-electron chi connectivity index (χ2n) is 8.30. The SMILES string of the molecule is CCN(CC)C1CCN(c2cnc(-c3ccc(C(F)(F)F)cc3)c(-c3ccncc3Cl)n2)CC1. The van der Waals surface area contributed by atoms with Crippen LogP contribution in [0.5, 0.6) is 0 Å². The second kappa shape index (κ2) is 10.3. The molecule has 0 spiro atoms. The van der Waals surface area contributed by atoms with Crippen LogP contribution < -0.4 is 4.90 Å². The van der Waals surface area contributed by atoms with Crippen LogP contribution in [-0.4, -0.2) is 52.1 Å². The van der Waals surface area contributed by atoms with Gasteiger partial charge in [-0.3, -0.25) is 9.97 Å². The summed E-state index contributed by atoms with van der Waals surface area (Å²) in [6.07, 6.45) is 2.51. The van der Waals surface area contributed by atoms with Crippen LogP contribution in [0.1, 0.15) is 32.3 Å². The lowest BCUT2D eigenvalue weighted by Gasteiger charge is -2.38. The number of hydrogen-bond acceptors (Lipinski definition) is 5. The molecule has 3 aromatic rings. The highest BCUT2D eigenvalue weighted by molar-refractivity contribution is 6.33. The van der Waals surface area contributed by atoms with Crippen molar-refractivity contribution in [1.29, 1.82) is 0 Å². The first-order valence-corrected chi connectivity index (χ1v) is 11.8. The van der Waals surface area contributed by atoms with E-state index in [2.05, 4.69) is 33.6 Å². The summed E-state index contributed by atoms with van der Waals surface area (Å²) in [4.78, 5) is 18.3. The molecule has 4 rings (SSSR count). The summed E-state index contributed by atoms with van der Waals surface area (Å²) in [6, 6.07) is 7.25. The van der Waals surface area contributed by atoms with Crippen LogP contribution in [0.25, 0.3) is 22.5 Å². The molecule has 1 saturated heterocycles. The number of pyridine rings is 1. The second-order valence-corrected chi connectivity index (χ2v) is 8.70. The summed E-state index contributed by atoms with van der Waals surface area (Å²) in [6.45, 7) is 8.16.